The maximum Gasteiger partial charge on any atom is 0.224 e. The average Bonchev–Trinajstić information content (AvgIpc) is 3.13. The molecule has 0 unspecified atom stereocenters. The number of aryl methyl sites for hydroxylation is 1. The number of aliphatic hydroxyl groups is 1. The van der Waals surface area contributed by atoms with Gasteiger partial charge in [0.05, 0.1) is 19.8 Å². The van der Waals surface area contributed by atoms with Crippen molar-refractivity contribution < 1.29 is 14.6 Å². The predicted octanol–water partition coefficient (Wildman–Crippen LogP) is -1.15. The molecule has 0 radical (unpaired) electrons. The monoisotopic (exact) mass is 338 g/mol. The van der Waals surface area contributed by atoms with Crippen LogP contribution in [-0.4, -0.2) is 93.6 Å². The quantitative estimate of drug-likeness (QED) is 0.700. The first kappa shape index (κ1) is 17.2. The Hall–Kier alpha value is -1.58. The number of hydrogen-bond donors (Lipinski definition) is 1. The third kappa shape index (κ3) is 4.71. The highest BCUT2D eigenvalue weighted by molar-refractivity contribution is 5.76. The number of hydrogen-bond acceptors (Lipinski definition) is 7. The predicted molar refractivity (Wildman–Crippen MR) is 85.0 cm³/mol. The van der Waals surface area contributed by atoms with E-state index in [1.54, 1.807) is 4.68 Å². The van der Waals surface area contributed by atoms with E-state index in [2.05, 4.69) is 20.4 Å². The molecule has 0 spiro atoms. The number of morpholine rings is 1. The zero-order valence-electron chi connectivity index (χ0n) is 14.0. The molecular weight excluding hydrogens is 312 g/mol. The Morgan fingerprint density at radius 2 is 2.04 bits per heavy atom. The van der Waals surface area contributed by atoms with Crippen LogP contribution in [0.1, 0.15) is 12.8 Å². The van der Waals surface area contributed by atoms with Crippen LogP contribution in [0.15, 0.2) is 6.33 Å². The van der Waals surface area contributed by atoms with Gasteiger partial charge in [0.2, 0.25) is 5.91 Å². The molecule has 24 heavy (non-hydrogen) atoms. The molecule has 9 nitrogen and oxygen atoms in total. The molecule has 2 aliphatic heterocycles. The van der Waals surface area contributed by atoms with Gasteiger partial charge in [0, 0.05) is 45.8 Å². The number of carbonyl (C=O) groups excluding carboxylic acids is 1. The molecule has 0 aliphatic carbocycles. The van der Waals surface area contributed by atoms with Crippen molar-refractivity contribution in [1.29, 1.82) is 0 Å². The van der Waals surface area contributed by atoms with Crippen LogP contribution < -0.4 is 0 Å². The lowest BCUT2D eigenvalue weighted by molar-refractivity contribution is -0.135. The Labute approximate surface area is 141 Å². The molecule has 1 aromatic heterocycles. The van der Waals surface area contributed by atoms with Crippen molar-refractivity contribution in [3.8, 4) is 0 Å². The molecule has 2 fully saturated rings. The van der Waals surface area contributed by atoms with Crippen LogP contribution in [0.25, 0.3) is 0 Å². The minimum Gasteiger partial charge on any atom is -0.396 e. The van der Waals surface area contributed by atoms with Gasteiger partial charge in [-0.3, -0.25) is 9.69 Å². The van der Waals surface area contributed by atoms with Crippen LogP contribution in [0.4, 0.5) is 0 Å². The van der Waals surface area contributed by atoms with Crippen molar-refractivity contribution in [3.63, 3.8) is 0 Å². The second kappa shape index (κ2) is 8.50. The number of tetrazole rings is 1. The first-order valence-electron chi connectivity index (χ1n) is 8.64. The van der Waals surface area contributed by atoms with E-state index in [-0.39, 0.29) is 18.4 Å². The zero-order valence-corrected chi connectivity index (χ0v) is 14.0. The van der Waals surface area contributed by atoms with Gasteiger partial charge >= 0.3 is 0 Å². The molecule has 3 rings (SSSR count). The van der Waals surface area contributed by atoms with Gasteiger partial charge in [-0.25, -0.2) is 4.68 Å². The molecular formula is C15H26N6O3. The van der Waals surface area contributed by atoms with Gasteiger partial charge in [-0.05, 0) is 28.7 Å². The van der Waals surface area contributed by atoms with E-state index in [9.17, 15) is 9.90 Å². The Bertz CT molecular complexity index is 505. The van der Waals surface area contributed by atoms with Crippen molar-refractivity contribution in [1.82, 2.24) is 30.0 Å². The number of piperidine rings is 1. The van der Waals surface area contributed by atoms with Gasteiger partial charge in [0.1, 0.15) is 6.33 Å². The van der Waals surface area contributed by atoms with E-state index < -0.39 is 0 Å². The largest absolute Gasteiger partial charge is 0.396 e. The second-order valence-electron chi connectivity index (χ2n) is 6.68. The molecule has 134 valence electrons. The van der Waals surface area contributed by atoms with Crippen molar-refractivity contribution in [2.24, 2.45) is 11.8 Å². The molecule has 1 N–H and O–H groups in total. The molecule has 0 saturated carbocycles. The maximum absolute atomic E-state index is 12.5. The number of rotatable bonds is 6. The summed E-state index contributed by atoms with van der Waals surface area (Å²) in [6.45, 7) is 6.47. The summed E-state index contributed by atoms with van der Waals surface area (Å²) in [4.78, 5) is 16.8. The fourth-order valence-electron chi connectivity index (χ4n) is 3.59. The normalized spacial score (nSPS) is 25.8. The van der Waals surface area contributed by atoms with Gasteiger partial charge < -0.3 is 14.7 Å². The minimum absolute atomic E-state index is 0.107. The Morgan fingerprint density at radius 3 is 2.75 bits per heavy atom. The molecule has 1 amide bonds. The second-order valence-corrected chi connectivity index (χ2v) is 6.68. The van der Waals surface area contributed by atoms with Crippen molar-refractivity contribution in [3.05, 3.63) is 6.33 Å². The lowest BCUT2D eigenvalue weighted by atomic mass is 9.89. The van der Waals surface area contributed by atoms with E-state index in [4.69, 9.17) is 4.74 Å². The molecule has 2 atom stereocenters. The summed E-state index contributed by atoms with van der Waals surface area (Å²) in [6, 6.07) is 0. The van der Waals surface area contributed by atoms with Crippen molar-refractivity contribution in [2.45, 2.75) is 19.4 Å². The Kier molecular flexibility index (Phi) is 6.11. The van der Waals surface area contributed by atoms with E-state index in [0.29, 0.717) is 25.4 Å². The number of aromatic nitrogens is 4. The maximum atomic E-state index is 12.5. The third-order valence-electron chi connectivity index (χ3n) is 4.80. The number of amides is 1. The lowest BCUT2D eigenvalue weighted by Crippen LogP contribution is -2.49. The van der Waals surface area contributed by atoms with Crippen LogP contribution in [0.2, 0.25) is 0 Å². The first-order valence-corrected chi connectivity index (χ1v) is 8.64. The summed E-state index contributed by atoms with van der Waals surface area (Å²) in [6.07, 6.45) is 2.87. The smallest absolute Gasteiger partial charge is 0.224 e. The van der Waals surface area contributed by atoms with Crippen LogP contribution in [0.5, 0.6) is 0 Å². The van der Waals surface area contributed by atoms with Gasteiger partial charge in [-0.15, -0.1) is 5.10 Å². The van der Waals surface area contributed by atoms with Crippen LogP contribution in [0.3, 0.4) is 0 Å². The highest BCUT2D eigenvalue weighted by atomic mass is 16.5. The Morgan fingerprint density at radius 1 is 1.25 bits per heavy atom. The van der Waals surface area contributed by atoms with E-state index in [1.807, 2.05) is 4.90 Å². The summed E-state index contributed by atoms with van der Waals surface area (Å²) in [5, 5.41) is 20.5. The molecule has 2 saturated heterocycles. The van der Waals surface area contributed by atoms with E-state index in [1.165, 1.54) is 6.33 Å². The lowest BCUT2D eigenvalue weighted by Gasteiger charge is -2.40. The fraction of sp³-hybridized carbons (Fsp3) is 0.867. The first-order chi connectivity index (χ1) is 11.7. The van der Waals surface area contributed by atoms with Gasteiger partial charge in [0.15, 0.2) is 0 Å². The topological polar surface area (TPSA) is 96.6 Å². The molecule has 1 aromatic rings. The molecule has 2 aliphatic rings. The minimum atomic E-state index is 0.107. The summed E-state index contributed by atoms with van der Waals surface area (Å²) >= 11 is 0. The molecule has 0 bridgehead atoms. The van der Waals surface area contributed by atoms with Crippen LogP contribution in [-0.2, 0) is 16.1 Å². The van der Waals surface area contributed by atoms with Crippen molar-refractivity contribution >= 4 is 5.91 Å². The SMILES string of the molecule is O=C(CCn1cnnn1)N1C[C@H](CO)C[C@H](CN2CCOCC2)C1. The summed E-state index contributed by atoms with van der Waals surface area (Å²) < 4.78 is 6.96. The van der Waals surface area contributed by atoms with Crippen molar-refractivity contribution in [2.75, 3.05) is 52.5 Å². The molecule has 3 heterocycles. The number of aliphatic hydroxyl groups excluding tert-OH is 1. The van der Waals surface area contributed by atoms with Crippen LogP contribution >= 0.6 is 0 Å². The van der Waals surface area contributed by atoms with Crippen LogP contribution in [0, 0.1) is 11.8 Å². The summed E-state index contributed by atoms with van der Waals surface area (Å²) in [5.74, 6) is 0.684. The fourth-order valence-corrected chi connectivity index (χ4v) is 3.59. The van der Waals surface area contributed by atoms with E-state index >= 15 is 0 Å². The van der Waals surface area contributed by atoms with Gasteiger partial charge in [0.25, 0.3) is 0 Å². The number of nitrogens with zero attached hydrogens (tertiary/aromatic N) is 6. The average molecular weight is 338 g/mol. The van der Waals surface area contributed by atoms with Gasteiger partial charge in [-0.2, -0.15) is 0 Å². The molecule has 0 aromatic carbocycles. The van der Waals surface area contributed by atoms with Gasteiger partial charge in [-0.1, -0.05) is 0 Å². The summed E-state index contributed by atoms with van der Waals surface area (Å²) in [7, 11) is 0. The third-order valence-corrected chi connectivity index (χ3v) is 4.80. The summed E-state index contributed by atoms with van der Waals surface area (Å²) in [5.41, 5.74) is 0. The number of likely N-dealkylation sites (tertiary alicyclic amines) is 1. The number of carbonyl (C=O) groups is 1. The zero-order chi connectivity index (χ0) is 16.8. The standard InChI is InChI=1S/C15H26N6O3/c22-11-14-7-13(8-19-3-5-24-6-4-19)9-20(10-14)15(23)1-2-21-12-16-17-18-21/h12-14,22H,1-11H2/t13-,14-/m1/s1. The Balaban J connectivity index is 1.52. The molecule has 9 heteroatoms. The highest BCUT2D eigenvalue weighted by Gasteiger charge is 2.30. The number of ether oxygens (including phenoxy) is 1. The van der Waals surface area contributed by atoms with E-state index in [0.717, 1.165) is 45.8 Å². The highest BCUT2D eigenvalue weighted by Crippen LogP contribution is 2.23.